The fraction of sp³-hybridized carbons (Fsp3) is 0.455. The van der Waals surface area contributed by atoms with Crippen LogP contribution in [0.4, 0.5) is 0 Å². The van der Waals surface area contributed by atoms with Crippen LogP contribution in [0.15, 0.2) is 12.1 Å². The van der Waals surface area contributed by atoms with Crippen LogP contribution in [0.1, 0.15) is 22.7 Å². The molecule has 1 aliphatic rings. The van der Waals surface area contributed by atoms with E-state index >= 15 is 0 Å². The van der Waals surface area contributed by atoms with E-state index < -0.39 is 6.10 Å². The molecule has 76 valence electrons. The number of aryl methyl sites for hydroxylation is 2. The van der Waals surface area contributed by atoms with E-state index in [0.29, 0.717) is 0 Å². The molecule has 1 aliphatic heterocycles. The third-order valence-electron chi connectivity index (χ3n) is 2.62. The van der Waals surface area contributed by atoms with Gasteiger partial charge in [-0.05, 0) is 19.4 Å². The molecule has 1 aromatic carbocycles. The lowest BCUT2D eigenvalue weighted by molar-refractivity contribution is 0.0674. The molecule has 2 rings (SSSR count). The van der Waals surface area contributed by atoms with Gasteiger partial charge in [0.1, 0.15) is 18.5 Å². The summed E-state index contributed by atoms with van der Waals surface area (Å²) in [4.78, 5) is 0. The van der Waals surface area contributed by atoms with Gasteiger partial charge in [0.2, 0.25) is 0 Å². The minimum absolute atomic E-state index is 0.290. The highest BCUT2D eigenvalue weighted by atomic mass is 16.5. The van der Waals surface area contributed by atoms with E-state index in [-0.39, 0.29) is 12.6 Å². The number of benzene rings is 1. The lowest BCUT2D eigenvalue weighted by Crippen LogP contribution is -2.36. The van der Waals surface area contributed by atoms with Crippen molar-refractivity contribution in [2.75, 3.05) is 6.61 Å². The van der Waals surface area contributed by atoms with Crippen LogP contribution in [0.25, 0.3) is 0 Å². The van der Waals surface area contributed by atoms with Gasteiger partial charge in [-0.25, -0.2) is 0 Å². The van der Waals surface area contributed by atoms with E-state index in [2.05, 4.69) is 6.07 Å². The molecule has 2 atom stereocenters. The van der Waals surface area contributed by atoms with Crippen LogP contribution in [0.5, 0.6) is 5.75 Å². The second-order valence-electron chi connectivity index (χ2n) is 3.90. The molecule has 3 N–H and O–H groups in total. The van der Waals surface area contributed by atoms with E-state index in [9.17, 15) is 5.11 Å². The largest absolute Gasteiger partial charge is 0.490 e. The van der Waals surface area contributed by atoms with Crippen LogP contribution in [0.2, 0.25) is 0 Å². The van der Waals surface area contributed by atoms with Crippen LogP contribution in [0.3, 0.4) is 0 Å². The fourth-order valence-electron chi connectivity index (χ4n) is 1.91. The first kappa shape index (κ1) is 9.49. The number of aliphatic hydroxyl groups is 1. The molecule has 1 heterocycles. The standard InChI is InChI=1S/C11H15NO2/c1-6-3-7(2)11-8(4-6)10(12)9(13)5-14-11/h3-4,9-10,13H,5,12H2,1-2H3/t9-,10+/m1/s1. The predicted octanol–water partition coefficient (Wildman–Crippen LogP) is 1.06. The highest BCUT2D eigenvalue weighted by Crippen LogP contribution is 2.34. The van der Waals surface area contributed by atoms with Crippen molar-refractivity contribution in [2.45, 2.75) is 26.0 Å². The number of hydrogen-bond acceptors (Lipinski definition) is 3. The Hall–Kier alpha value is -1.06. The van der Waals surface area contributed by atoms with Crippen LogP contribution in [-0.4, -0.2) is 17.8 Å². The molecule has 0 unspecified atom stereocenters. The van der Waals surface area contributed by atoms with Crippen molar-refractivity contribution < 1.29 is 9.84 Å². The normalized spacial score (nSPS) is 25.4. The Kier molecular flexibility index (Phi) is 2.21. The summed E-state index contributed by atoms with van der Waals surface area (Å²) in [5, 5.41) is 9.56. The molecule has 3 heteroatoms. The molecule has 3 nitrogen and oxygen atoms in total. The van der Waals surface area contributed by atoms with Gasteiger partial charge in [0.15, 0.2) is 0 Å². The minimum atomic E-state index is -0.594. The number of ether oxygens (including phenoxy) is 1. The second-order valence-corrected chi connectivity index (χ2v) is 3.90. The van der Waals surface area contributed by atoms with Gasteiger partial charge in [-0.15, -0.1) is 0 Å². The van der Waals surface area contributed by atoms with Gasteiger partial charge in [0, 0.05) is 5.56 Å². The molecule has 0 bridgehead atoms. The maximum absolute atomic E-state index is 9.56. The average molecular weight is 193 g/mol. The Bertz CT molecular complexity index is 363. The van der Waals surface area contributed by atoms with Crippen LogP contribution in [-0.2, 0) is 0 Å². The Balaban J connectivity index is 2.54. The van der Waals surface area contributed by atoms with Gasteiger partial charge in [-0.2, -0.15) is 0 Å². The number of aliphatic hydroxyl groups excluding tert-OH is 1. The smallest absolute Gasteiger partial charge is 0.127 e. The van der Waals surface area contributed by atoms with Crippen LogP contribution >= 0.6 is 0 Å². The molecule has 1 aromatic rings. The lowest BCUT2D eigenvalue weighted by atomic mass is 9.95. The topological polar surface area (TPSA) is 55.5 Å². The van der Waals surface area contributed by atoms with Gasteiger partial charge >= 0.3 is 0 Å². The first-order chi connectivity index (χ1) is 6.59. The molecule has 14 heavy (non-hydrogen) atoms. The molecule has 0 aliphatic carbocycles. The summed E-state index contributed by atoms with van der Waals surface area (Å²) in [7, 11) is 0. The molecular formula is C11H15NO2. The summed E-state index contributed by atoms with van der Waals surface area (Å²) in [6.07, 6.45) is -0.594. The van der Waals surface area contributed by atoms with Crippen molar-refractivity contribution >= 4 is 0 Å². The van der Waals surface area contributed by atoms with Gasteiger partial charge in [0.05, 0.1) is 6.04 Å². The van der Waals surface area contributed by atoms with Crippen molar-refractivity contribution in [3.05, 3.63) is 28.8 Å². The van der Waals surface area contributed by atoms with Crippen molar-refractivity contribution in [3.8, 4) is 5.75 Å². The van der Waals surface area contributed by atoms with E-state index in [4.69, 9.17) is 10.5 Å². The van der Waals surface area contributed by atoms with Gasteiger partial charge in [0.25, 0.3) is 0 Å². The predicted molar refractivity (Wildman–Crippen MR) is 54.3 cm³/mol. The maximum atomic E-state index is 9.56. The van der Waals surface area contributed by atoms with Gasteiger partial charge in [-0.3, -0.25) is 0 Å². The molecule has 0 fully saturated rings. The monoisotopic (exact) mass is 193 g/mol. The first-order valence-corrected chi connectivity index (χ1v) is 4.77. The van der Waals surface area contributed by atoms with E-state index in [1.54, 1.807) is 0 Å². The highest BCUT2D eigenvalue weighted by Gasteiger charge is 2.27. The summed E-state index contributed by atoms with van der Waals surface area (Å²) < 4.78 is 5.46. The molecule has 0 saturated carbocycles. The van der Waals surface area contributed by atoms with Crippen LogP contribution in [0, 0.1) is 13.8 Å². The number of hydrogen-bond donors (Lipinski definition) is 2. The zero-order chi connectivity index (χ0) is 10.3. The summed E-state index contributed by atoms with van der Waals surface area (Å²) >= 11 is 0. The zero-order valence-corrected chi connectivity index (χ0v) is 8.45. The Morgan fingerprint density at radius 1 is 1.43 bits per heavy atom. The Morgan fingerprint density at radius 2 is 2.14 bits per heavy atom. The SMILES string of the molecule is Cc1cc(C)c2c(c1)[C@H](N)[C@H](O)CO2. The lowest BCUT2D eigenvalue weighted by Gasteiger charge is -2.29. The van der Waals surface area contributed by atoms with Crippen molar-refractivity contribution in [2.24, 2.45) is 5.73 Å². The second kappa shape index (κ2) is 3.26. The molecule has 0 saturated heterocycles. The maximum Gasteiger partial charge on any atom is 0.127 e. The molecule has 0 amide bonds. The molecular weight excluding hydrogens is 178 g/mol. The van der Waals surface area contributed by atoms with E-state index in [0.717, 1.165) is 22.4 Å². The molecule has 0 radical (unpaired) electrons. The number of fused-ring (bicyclic) bond motifs is 1. The molecule has 0 spiro atoms. The average Bonchev–Trinajstić information content (AvgIpc) is 2.12. The van der Waals surface area contributed by atoms with Crippen molar-refractivity contribution in [1.29, 1.82) is 0 Å². The molecule has 0 aromatic heterocycles. The Morgan fingerprint density at radius 3 is 2.86 bits per heavy atom. The quantitative estimate of drug-likeness (QED) is 0.647. The third kappa shape index (κ3) is 1.38. The third-order valence-corrected chi connectivity index (χ3v) is 2.62. The summed E-state index contributed by atoms with van der Waals surface area (Å²) in [5.41, 5.74) is 9.05. The number of rotatable bonds is 0. The number of nitrogens with two attached hydrogens (primary N) is 1. The first-order valence-electron chi connectivity index (χ1n) is 4.77. The minimum Gasteiger partial charge on any atom is -0.490 e. The summed E-state index contributed by atoms with van der Waals surface area (Å²) in [6.45, 7) is 4.30. The van der Waals surface area contributed by atoms with Crippen molar-refractivity contribution in [1.82, 2.24) is 0 Å². The van der Waals surface area contributed by atoms with Crippen LogP contribution < -0.4 is 10.5 Å². The Labute approximate surface area is 83.5 Å². The summed E-state index contributed by atoms with van der Waals surface area (Å²) in [5.74, 6) is 0.841. The highest BCUT2D eigenvalue weighted by molar-refractivity contribution is 5.47. The summed E-state index contributed by atoms with van der Waals surface area (Å²) in [6, 6.07) is 3.72. The zero-order valence-electron chi connectivity index (χ0n) is 8.45. The van der Waals surface area contributed by atoms with Gasteiger partial charge < -0.3 is 15.6 Å². The van der Waals surface area contributed by atoms with Crippen molar-refractivity contribution in [3.63, 3.8) is 0 Å². The van der Waals surface area contributed by atoms with E-state index in [1.165, 1.54) is 0 Å². The fourth-order valence-corrected chi connectivity index (χ4v) is 1.91. The van der Waals surface area contributed by atoms with Gasteiger partial charge in [-0.1, -0.05) is 17.7 Å². The van der Waals surface area contributed by atoms with E-state index in [1.807, 2.05) is 19.9 Å².